The molecule has 0 spiro atoms. The smallest absolute Gasteiger partial charge is 0.0689 e. The third-order valence-electron chi connectivity index (χ3n) is 2.53. The Bertz CT molecular complexity index is 137. The van der Waals surface area contributed by atoms with Crippen molar-refractivity contribution in [2.45, 2.75) is 38.5 Å². The quantitative estimate of drug-likeness (QED) is 0.543. The summed E-state index contributed by atoms with van der Waals surface area (Å²) in [4.78, 5) is 0. The van der Waals surface area contributed by atoms with Gasteiger partial charge >= 0.3 is 0 Å². The first-order valence-electron chi connectivity index (χ1n) is 4.03. The molecule has 1 rings (SSSR count). The van der Waals surface area contributed by atoms with Crippen LogP contribution in [0.2, 0.25) is 0 Å². The summed E-state index contributed by atoms with van der Waals surface area (Å²) in [6.07, 6.45) is 6.71. The molecule has 1 heteroatoms. The second-order valence-electron chi connectivity index (χ2n) is 3.20. The Morgan fingerprint density at radius 3 is 2.20 bits per heavy atom. The Morgan fingerprint density at radius 1 is 1.30 bits per heavy atom. The average molecular weight is 136 g/mol. The van der Waals surface area contributed by atoms with Gasteiger partial charge < -0.3 is 0 Å². The summed E-state index contributed by atoms with van der Waals surface area (Å²) in [7, 11) is 0. The minimum Gasteiger partial charge on any atom is -0.198 e. The Labute approximate surface area is 63.0 Å². The van der Waals surface area contributed by atoms with E-state index in [1.54, 1.807) is 0 Å². The van der Waals surface area contributed by atoms with Crippen LogP contribution in [0.3, 0.4) is 0 Å². The lowest BCUT2D eigenvalue weighted by atomic mass is 9.73. The Kier molecular flexibility index (Phi) is 2.32. The highest BCUT2D eigenvalue weighted by Gasteiger charge is 2.29. The van der Waals surface area contributed by atoms with E-state index in [-0.39, 0.29) is 5.41 Å². The first kappa shape index (κ1) is 7.60. The third kappa shape index (κ3) is 1.31. The van der Waals surface area contributed by atoms with Crippen molar-refractivity contribution in [3.63, 3.8) is 0 Å². The van der Waals surface area contributed by atoms with Crippen molar-refractivity contribution in [3.05, 3.63) is 6.92 Å². The van der Waals surface area contributed by atoms with Crippen LogP contribution in [0.25, 0.3) is 0 Å². The van der Waals surface area contributed by atoms with Gasteiger partial charge in [0.15, 0.2) is 0 Å². The Morgan fingerprint density at radius 2 is 1.90 bits per heavy atom. The molecule has 55 valence electrons. The number of nitriles is 1. The van der Waals surface area contributed by atoms with Gasteiger partial charge in [-0.05, 0) is 19.3 Å². The lowest BCUT2D eigenvalue weighted by Gasteiger charge is -2.28. The van der Waals surface area contributed by atoms with Crippen molar-refractivity contribution in [1.82, 2.24) is 0 Å². The van der Waals surface area contributed by atoms with Gasteiger partial charge in [0.05, 0.1) is 11.5 Å². The van der Waals surface area contributed by atoms with E-state index < -0.39 is 0 Å². The summed E-state index contributed by atoms with van der Waals surface area (Å²) in [6, 6.07) is 2.40. The first-order valence-corrected chi connectivity index (χ1v) is 4.03. The van der Waals surface area contributed by atoms with Gasteiger partial charge in [-0.25, -0.2) is 0 Å². The topological polar surface area (TPSA) is 23.8 Å². The average Bonchev–Trinajstić information content (AvgIpc) is 2.06. The molecule has 0 heterocycles. The van der Waals surface area contributed by atoms with Crippen LogP contribution >= 0.6 is 0 Å². The molecule has 0 bridgehead atoms. The number of rotatable bonds is 1. The van der Waals surface area contributed by atoms with Crippen LogP contribution in [0.4, 0.5) is 0 Å². The molecule has 1 nitrogen and oxygen atoms in total. The van der Waals surface area contributed by atoms with Crippen LogP contribution in [-0.4, -0.2) is 0 Å². The fraction of sp³-hybridized carbons (Fsp3) is 0.778. The molecule has 0 aromatic carbocycles. The largest absolute Gasteiger partial charge is 0.198 e. The fourth-order valence-electron chi connectivity index (χ4n) is 1.65. The third-order valence-corrected chi connectivity index (χ3v) is 2.53. The summed E-state index contributed by atoms with van der Waals surface area (Å²) in [5.41, 5.74) is -0.0434. The molecular formula is C9H14N. The highest BCUT2D eigenvalue weighted by atomic mass is 14.4. The molecule has 10 heavy (non-hydrogen) atoms. The van der Waals surface area contributed by atoms with Crippen molar-refractivity contribution in [2.24, 2.45) is 5.41 Å². The summed E-state index contributed by atoms with van der Waals surface area (Å²) in [5, 5.41) is 8.85. The molecule has 1 fully saturated rings. The maximum atomic E-state index is 8.85. The zero-order valence-electron chi connectivity index (χ0n) is 6.40. The van der Waals surface area contributed by atoms with Crippen LogP contribution in [0.5, 0.6) is 0 Å². The standard InChI is InChI=1S/C9H14N/c1-2-9(8-10)6-4-3-5-7-9/h1-7H2. The van der Waals surface area contributed by atoms with Gasteiger partial charge in [0.2, 0.25) is 0 Å². The monoisotopic (exact) mass is 136 g/mol. The van der Waals surface area contributed by atoms with Crippen LogP contribution in [0.15, 0.2) is 0 Å². The zero-order chi connectivity index (χ0) is 7.45. The van der Waals surface area contributed by atoms with E-state index in [9.17, 15) is 0 Å². The number of nitrogens with zero attached hydrogens (tertiary/aromatic N) is 1. The minimum absolute atomic E-state index is 0.0434. The second-order valence-corrected chi connectivity index (χ2v) is 3.20. The molecule has 0 saturated heterocycles. The zero-order valence-corrected chi connectivity index (χ0v) is 6.40. The number of hydrogen-bond acceptors (Lipinski definition) is 1. The van der Waals surface area contributed by atoms with Gasteiger partial charge in [-0.15, -0.1) is 0 Å². The van der Waals surface area contributed by atoms with Crippen LogP contribution in [0, 0.1) is 23.7 Å². The van der Waals surface area contributed by atoms with E-state index in [4.69, 9.17) is 5.26 Å². The van der Waals surface area contributed by atoms with E-state index in [0.717, 1.165) is 19.3 Å². The summed E-state index contributed by atoms with van der Waals surface area (Å²) in [5.74, 6) is 0. The van der Waals surface area contributed by atoms with E-state index in [0.29, 0.717) is 0 Å². The molecule has 0 aliphatic heterocycles. The Hall–Kier alpha value is -0.510. The SMILES string of the molecule is [CH2]CC1(C#N)CCCCC1. The van der Waals surface area contributed by atoms with Gasteiger partial charge in [-0.2, -0.15) is 5.26 Å². The van der Waals surface area contributed by atoms with Crippen molar-refractivity contribution in [3.8, 4) is 6.07 Å². The molecule has 1 saturated carbocycles. The van der Waals surface area contributed by atoms with E-state index in [2.05, 4.69) is 13.0 Å². The summed E-state index contributed by atoms with van der Waals surface area (Å²) < 4.78 is 0. The molecule has 1 aliphatic rings. The normalized spacial score (nSPS) is 23.6. The lowest BCUT2D eigenvalue weighted by molar-refractivity contribution is 0.269. The van der Waals surface area contributed by atoms with E-state index in [1.165, 1.54) is 19.3 Å². The van der Waals surface area contributed by atoms with Crippen LogP contribution < -0.4 is 0 Å². The Balaban J connectivity index is 2.55. The highest BCUT2D eigenvalue weighted by Crippen LogP contribution is 2.37. The number of hydrogen-bond donors (Lipinski definition) is 0. The molecule has 0 atom stereocenters. The van der Waals surface area contributed by atoms with Gasteiger partial charge in [0.1, 0.15) is 0 Å². The maximum Gasteiger partial charge on any atom is 0.0689 e. The molecular weight excluding hydrogens is 122 g/mol. The van der Waals surface area contributed by atoms with Gasteiger partial charge in [-0.1, -0.05) is 26.2 Å². The molecule has 0 aromatic rings. The molecule has 0 N–H and O–H groups in total. The lowest BCUT2D eigenvalue weighted by Crippen LogP contribution is -2.20. The predicted molar refractivity (Wildman–Crippen MR) is 41.1 cm³/mol. The van der Waals surface area contributed by atoms with Crippen molar-refractivity contribution in [1.29, 1.82) is 5.26 Å². The second kappa shape index (κ2) is 3.05. The van der Waals surface area contributed by atoms with E-state index in [1.807, 2.05) is 0 Å². The summed E-state index contributed by atoms with van der Waals surface area (Å²) >= 11 is 0. The molecule has 1 aliphatic carbocycles. The van der Waals surface area contributed by atoms with Crippen molar-refractivity contribution >= 4 is 0 Å². The predicted octanol–water partition coefficient (Wildman–Crippen LogP) is 2.68. The van der Waals surface area contributed by atoms with E-state index >= 15 is 0 Å². The van der Waals surface area contributed by atoms with Gasteiger partial charge in [-0.3, -0.25) is 0 Å². The van der Waals surface area contributed by atoms with Crippen LogP contribution in [0.1, 0.15) is 38.5 Å². The fourth-order valence-corrected chi connectivity index (χ4v) is 1.65. The van der Waals surface area contributed by atoms with Crippen LogP contribution in [-0.2, 0) is 0 Å². The molecule has 0 unspecified atom stereocenters. The van der Waals surface area contributed by atoms with Gasteiger partial charge in [0.25, 0.3) is 0 Å². The molecule has 1 radical (unpaired) electrons. The maximum absolute atomic E-state index is 8.85. The molecule has 0 amide bonds. The molecule has 0 aromatic heterocycles. The highest BCUT2D eigenvalue weighted by molar-refractivity contribution is 5.00. The first-order chi connectivity index (χ1) is 4.83. The minimum atomic E-state index is -0.0434. The van der Waals surface area contributed by atoms with Crippen molar-refractivity contribution in [2.75, 3.05) is 0 Å². The van der Waals surface area contributed by atoms with Crippen molar-refractivity contribution < 1.29 is 0 Å². The van der Waals surface area contributed by atoms with Gasteiger partial charge in [0, 0.05) is 0 Å². The summed E-state index contributed by atoms with van der Waals surface area (Å²) in [6.45, 7) is 3.83.